The number of carboxylic acids is 1. The summed E-state index contributed by atoms with van der Waals surface area (Å²) in [6.07, 6.45) is 5.71. The highest BCUT2D eigenvalue weighted by Crippen LogP contribution is 2.24. The molecule has 0 radical (unpaired) electrons. The highest BCUT2D eigenvalue weighted by Gasteiger charge is 2.20. The van der Waals surface area contributed by atoms with E-state index >= 15 is 0 Å². The molecule has 8 nitrogen and oxygen atoms in total. The maximum atomic E-state index is 13.2. The van der Waals surface area contributed by atoms with Gasteiger partial charge in [0.25, 0.3) is 5.56 Å². The van der Waals surface area contributed by atoms with Crippen LogP contribution in [0.25, 0.3) is 10.2 Å². The number of thiophene rings is 1. The number of aliphatic carboxylic acids is 1. The number of carbonyl (C=O) groups is 1. The summed E-state index contributed by atoms with van der Waals surface area (Å²) >= 11 is 1.34. The number of fused-ring (bicyclic) bond motifs is 1. The first kappa shape index (κ1) is 20.8. The fraction of sp³-hybridized carbons (Fsp3) is 0.273. The van der Waals surface area contributed by atoms with Gasteiger partial charge in [-0.1, -0.05) is 37.3 Å². The largest absolute Gasteiger partial charge is 0.481 e. The molecule has 3 aromatic heterocycles. The number of carboxylic acid groups (broad SMARTS) is 1. The van der Waals surface area contributed by atoms with Crippen molar-refractivity contribution >= 4 is 27.5 Å². The zero-order chi connectivity index (χ0) is 22.0. The van der Waals surface area contributed by atoms with Gasteiger partial charge in [-0.25, -0.2) is 9.78 Å². The lowest BCUT2D eigenvalue weighted by atomic mass is 10.1. The van der Waals surface area contributed by atoms with Crippen LogP contribution in [-0.4, -0.2) is 29.8 Å². The summed E-state index contributed by atoms with van der Waals surface area (Å²) in [7, 11) is 0. The van der Waals surface area contributed by atoms with Crippen molar-refractivity contribution < 1.29 is 9.90 Å². The molecular formula is C22H22N4O4S. The van der Waals surface area contributed by atoms with Crippen LogP contribution in [-0.2, 0) is 30.8 Å². The van der Waals surface area contributed by atoms with Gasteiger partial charge >= 0.3 is 11.7 Å². The van der Waals surface area contributed by atoms with Crippen LogP contribution >= 0.6 is 11.3 Å². The molecule has 1 atom stereocenters. The van der Waals surface area contributed by atoms with Crippen molar-refractivity contribution in [3.05, 3.63) is 86.4 Å². The number of rotatable bonds is 8. The number of benzene rings is 1. The maximum Gasteiger partial charge on any atom is 0.332 e. The standard InChI is InChI=1S/C22H22N4O4S/c1-15(21(28)29)12-26-20-18(11-17(31-20)13-24-10-8-23-14-24)19(27)25(22(26)30)9-7-16-5-3-2-4-6-16/h2-6,8,10-11,14-15H,7,9,12-13H2,1H3,(H,28,29). The van der Waals surface area contributed by atoms with E-state index in [1.165, 1.54) is 20.5 Å². The molecule has 1 aromatic carbocycles. The summed E-state index contributed by atoms with van der Waals surface area (Å²) in [4.78, 5) is 43.3. The molecule has 0 aliphatic carbocycles. The average molecular weight is 439 g/mol. The number of nitrogens with zero attached hydrogens (tertiary/aromatic N) is 4. The van der Waals surface area contributed by atoms with Crippen molar-refractivity contribution in [2.24, 2.45) is 5.92 Å². The topological polar surface area (TPSA) is 99.1 Å². The first-order chi connectivity index (χ1) is 14.9. The number of hydrogen-bond donors (Lipinski definition) is 1. The van der Waals surface area contributed by atoms with Crippen LogP contribution in [0.4, 0.5) is 0 Å². The van der Waals surface area contributed by atoms with Crippen molar-refractivity contribution in [2.75, 3.05) is 0 Å². The fourth-order valence-corrected chi connectivity index (χ4v) is 4.64. The van der Waals surface area contributed by atoms with E-state index in [4.69, 9.17) is 0 Å². The first-order valence-electron chi connectivity index (χ1n) is 9.92. The third kappa shape index (κ3) is 4.36. The van der Waals surface area contributed by atoms with Gasteiger partial charge in [-0.15, -0.1) is 11.3 Å². The lowest BCUT2D eigenvalue weighted by Crippen LogP contribution is -2.41. The zero-order valence-corrected chi connectivity index (χ0v) is 17.8. The molecular weight excluding hydrogens is 416 g/mol. The summed E-state index contributed by atoms with van der Waals surface area (Å²) in [6.45, 7) is 2.30. The van der Waals surface area contributed by atoms with Crippen LogP contribution < -0.4 is 11.2 Å². The molecule has 0 spiro atoms. The Morgan fingerprint density at radius 1 is 1.19 bits per heavy atom. The lowest BCUT2D eigenvalue weighted by Gasteiger charge is -2.14. The van der Waals surface area contributed by atoms with E-state index in [0.29, 0.717) is 23.2 Å². The second kappa shape index (κ2) is 8.73. The Morgan fingerprint density at radius 3 is 2.65 bits per heavy atom. The molecule has 1 unspecified atom stereocenters. The van der Waals surface area contributed by atoms with Gasteiger partial charge in [-0.05, 0) is 18.1 Å². The molecule has 31 heavy (non-hydrogen) atoms. The minimum atomic E-state index is -0.989. The minimum absolute atomic E-state index is 0.00130. The van der Waals surface area contributed by atoms with Gasteiger partial charge in [0.15, 0.2) is 0 Å². The van der Waals surface area contributed by atoms with E-state index in [0.717, 1.165) is 10.4 Å². The number of aryl methyl sites for hydroxylation is 1. The first-order valence-corrected chi connectivity index (χ1v) is 10.7. The second-order valence-corrected chi connectivity index (χ2v) is 8.61. The van der Waals surface area contributed by atoms with E-state index in [9.17, 15) is 19.5 Å². The summed E-state index contributed by atoms with van der Waals surface area (Å²) in [5.74, 6) is -1.75. The predicted octanol–water partition coefficient (Wildman–Crippen LogP) is 2.43. The summed E-state index contributed by atoms with van der Waals surface area (Å²) in [6, 6.07) is 11.4. The van der Waals surface area contributed by atoms with Crippen LogP contribution in [0.5, 0.6) is 0 Å². The van der Waals surface area contributed by atoms with Crippen molar-refractivity contribution in [1.29, 1.82) is 0 Å². The Bertz CT molecular complexity index is 1320. The van der Waals surface area contributed by atoms with Crippen LogP contribution in [0.15, 0.2) is 64.7 Å². The van der Waals surface area contributed by atoms with Gasteiger partial charge in [0, 0.05) is 30.4 Å². The fourth-order valence-electron chi connectivity index (χ4n) is 3.48. The molecule has 0 aliphatic rings. The van der Waals surface area contributed by atoms with Crippen molar-refractivity contribution in [3.8, 4) is 0 Å². The van der Waals surface area contributed by atoms with E-state index < -0.39 is 17.6 Å². The van der Waals surface area contributed by atoms with E-state index in [-0.39, 0.29) is 18.6 Å². The smallest absolute Gasteiger partial charge is 0.332 e. The molecule has 0 saturated carbocycles. The van der Waals surface area contributed by atoms with Crippen LogP contribution in [0.1, 0.15) is 17.4 Å². The van der Waals surface area contributed by atoms with Gasteiger partial charge in [0.2, 0.25) is 0 Å². The molecule has 4 rings (SSSR count). The van der Waals surface area contributed by atoms with Gasteiger partial charge in [-0.3, -0.25) is 18.7 Å². The highest BCUT2D eigenvalue weighted by molar-refractivity contribution is 7.18. The normalized spacial score (nSPS) is 12.3. The lowest BCUT2D eigenvalue weighted by molar-refractivity contribution is -0.141. The van der Waals surface area contributed by atoms with Crippen LogP contribution in [0.2, 0.25) is 0 Å². The molecule has 0 saturated heterocycles. The van der Waals surface area contributed by atoms with E-state index in [1.54, 1.807) is 25.5 Å². The Hall–Kier alpha value is -3.46. The molecule has 0 fully saturated rings. The van der Waals surface area contributed by atoms with E-state index in [1.807, 2.05) is 41.1 Å². The van der Waals surface area contributed by atoms with E-state index in [2.05, 4.69) is 4.98 Å². The van der Waals surface area contributed by atoms with Crippen molar-refractivity contribution in [3.63, 3.8) is 0 Å². The molecule has 0 aliphatic heterocycles. The monoisotopic (exact) mass is 438 g/mol. The zero-order valence-electron chi connectivity index (χ0n) is 17.0. The highest BCUT2D eigenvalue weighted by atomic mass is 32.1. The molecule has 1 N–H and O–H groups in total. The molecule has 160 valence electrons. The number of imidazole rings is 1. The molecule has 0 bridgehead atoms. The maximum absolute atomic E-state index is 13.2. The quantitative estimate of drug-likeness (QED) is 0.456. The summed E-state index contributed by atoms with van der Waals surface area (Å²) in [5, 5.41) is 9.80. The number of hydrogen-bond acceptors (Lipinski definition) is 5. The third-order valence-electron chi connectivity index (χ3n) is 5.19. The second-order valence-electron chi connectivity index (χ2n) is 7.49. The molecule has 4 aromatic rings. The molecule has 3 heterocycles. The van der Waals surface area contributed by atoms with Crippen molar-refractivity contribution in [1.82, 2.24) is 18.7 Å². The Kier molecular flexibility index (Phi) is 5.85. The number of aromatic nitrogens is 4. The summed E-state index contributed by atoms with van der Waals surface area (Å²) < 4.78 is 4.53. The van der Waals surface area contributed by atoms with Crippen LogP contribution in [0.3, 0.4) is 0 Å². The van der Waals surface area contributed by atoms with Gasteiger partial charge in [0.1, 0.15) is 4.83 Å². The van der Waals surface area contributed by atoms with Gasteiger partial charge < -0.3 is 9.67 Å². The van der Waals surface area contributed by atoms with Gasteiger partial charge in [0.05, 0.1) is 24.2 Å². The van der Waals surface area contributed by atoms with Gasteiger partial charge in [-0.2, -0.15) is 0 Å². The molecule has 0 amide bonds. The third-order valence-corrected chi connectivity index (χ3v) is 6.33. The predicted molar refractivity (Wildman–Crippen MR) is 119 cm³/mol. The Labute approximate surface area is 181 Å². The molecule has 9 heteroatoms. The minimum Gasteiger partial charge on any atom is -0.481 e. The van der Waals surface area contributed by atoms with Crippen molar-refractivity contribution in [2.45, 2.75) is 33.0 Å². The Balaban J connectivity index is 1.79. The Morgan fingerprint density at radius 2 is 1.97 bits per heavy atom. The SMILES string of the molecule is CC(Cn1c(=O)n(CCc2ccccc2)c(=O)c2cc(Cn3ccnc3)sc21)C(=O)O. The average Bonchev–Trinajstić information content (AvgIpc) is 3.42. The van der Waals surface area contributed by atoms with Crippen LogP contribution in [0, 0.1) is 5.92 Å². The summed E-state index contributed by atoms with van der Waals surface area (Å²) in [5.41, 5.74) is 0.200.